The smallest absolute Gasteiger partial charge is 0.305 e. The van der Waals surface area contributed by atoms with Gasteiger partial charge in [0.25, 0.3) is 0 Å². The molecule has 0 bridgehead atoms. The molecule has 0 saturated heterocycles. The number of unbranched alkanes of at least 4 members (excludes halogenated alkanes) is 12. The summed E-state index contributed by atoms with van der Waals surface area (Å²) < 4.78 is 5.54. The summed E-state index contributed by atoms with van der Waals surface area (Å²) in [5.74, 6) is 0.602. The number of hydrogen-bond donors (Lipinski definition) is 0. The molecule has 0 aliphatic rings. The van der Waals surface area contributed by atoms with Crippen molar-refractivity contribution in [2.24, 2.45) is 5.92 Å². The molecular weight excluding hydrogens is 320 g/mol. The van der Waals surface area contributed by atoms with E-state index >= 15 is 0 Å². The molecule has 0 radical (unpaired) electrons. The molecule has 0 fully saturated rings. The summed E-state index contributed by atoms with van der Waals surface area (Å²) in [6.45, 7) is 7.38. The summed E-state index contributed by atoms with van der Waals surface area (Å²) in [5, 5.41) is 0. The molecule has 0 aromatic rings. The molecule has 0 saturated carbocycles. The van der Waals surface area contributed by atoms with Crippen LogP contribution in [0.2, 0.25) is 0 Å². The largest absolute Gasteiger partial charge is 0.465 e. The maximum Gasteiger partial charge on any atom is 0.305 e. The maximum absolute atomic E-state index is 11.9. The highest BCUT2D eigenvalue weighted by atomic mass is 16.5. The molecule has 26 heavy (non-hydrogen) atoms. The van der Waals surface area contributed by atoms with Crippen molar-refractivity contribution in [2.45, 2.75) is 136 Å². The molecule has 2 nitrogen and oxygen atoms in total. The highest BCUT2D eigenvalue weighted by molar-refractivity contribution is 5.69. The van der Waals surface area contributed by atoms with Gasteiger partial charge in [-0.05, 0) is 25.2 Å². The maximum atomic E-state index is 11.9. The van der Waals surface area contributed by atoms with Gasteiger partial charge in [-0.3, -0.25) is 4.79 Å². The van der Waals surface area contributed by atoms with Gasteiger partial charge in [-0.15, -0.1) is 0 Å². The zero-order chi connectivity index (χ0) is 19.3. The third-order valence-electron chi connectivity index (χ3n) is 5.38. The van der Waals surface area contributed by atoms with Crippen LogP contribution >= 0.6 is 0 Å². The number of esters is 1. The van der Waals surface area contributed by atoms with E-state index in [1.807, 2.05) is 0 Å². The molecule has 0 aliphatic heterocycles. The topological polar surface area (TPSA) is 26.3 Å². The van der Waals surface area contributed by atoms with Crippen molar-refractivity contribution in [1.29, 1.82) is 0 Å². The average Bonchev–Trinajstić information content (AvgIpc) is 2.64. The predicted octanol–water partition coefficient (Wildman–Crippen LogP) is 8.23. The second-order valence-corrected chi connectivity index (χ2v) is 8.12. The molecule has 1 atom stereocenters. The van der Waals surface area contributed by atoms with Gasteiger partial charge in [0.15, 0.2) is 0 Å². The van der Waals surface area contributed by atoms with E-state index in [1.165, 1.54) is 103 Å². The molecule has 156 valence electrons. The Kier molecular flexibility index (Phi) is 20.4. The van der Waals surface area contributed by atoms with Crippen molar-refractivity contribution in [1.82, 2.24) is 0 Å². The highest BCUT2D eigenvalue weighted by Crippen LogP contribution is 2.17. The van der Waals surface area contributed by atoms with Crippen molar-refractivity contribution in [3.8, 4) is 0 Å². The minimum Gasteiger partial charge on any atom is -0.465 e. The molecule has 0 amide bonds. The van der Waals surface area contributed by atoms with Crippen LogP contribution in [0, 0.1) is 5.92 Å². The van der Waals surface area contributed by atoms with Gasteiger partial charge in [-0.2, -0.15) is 0 Å². The van der Waals surface area contributed by atoms with Crippen LogP contribution in [-0.2, 0) is 9.53 Å². The van der Waals surface area contributed by atoms with Gasteiger partial charge in [-0.25, -0.2) is 0 Å². The van der Waals surface area contributed by atoms with E-state index in [2.05, 4.69) is 20.8 Å². The van der Waals surface area contributed by atoms with Crippen LogP contribution in [0.25, 0.3) is 0 Å². The molecular formula is C24H48O2. The number of rotatable bonds is 20. The van der Waals surface area contributed by atoms with Crippen LogP contribution in [0.3, 0.4) is 0 Å². The molecule has 2 heteroatoms. The monoisotopic (exact) mass is 368 g/mol. The first-order valence-electron chi connectivity index (χ1n) is 11.9. The molecule has 0 aromatic carbocycles. The third kappa shape index (κ3) is 18.3. The molecule has 0 aliphatic carbocycles. The lowest BCUT2D eigenvalue weighted by Crippen LogP contribution is -2.14. The van der Waals surface area contributed by atoms with E-state index in [0.717, 1.165) is 6.42 Å². The Balaban J connectivity index is 3.46. The fourth-order valence-corrected chi connectivity index (χ4v) is 3.62. The van der Waals surface area contributed by atoms with Crippen LogP contribution in [0.1, 0.15) is 136 Å². The highest BCUT2D eigenvalue weighted by Gasteiger charge is 2.11. The fraction of sp³-hybridized carbons (Fsp3) is 0.958. The second kappa shape index (κ2) is 20.8. The molecule has 0 aromatic heterocycles. The van der Waals surface area contributed by atoms with Crippen LogP contribution in [0.15, 0.2) is 0 Å². The van der Waals surface area contributed by atoms with E-state index in [9.17, 15) is 4.79 Å². The Morgan fingerprint density at radius 2 is 1.12 bits per heavy atom. The third-order valence-corrected chi connectivity index (χ3v) is 5.38. The van der Waals surface area contributed by atoms with E-state index in [4.69, 9.17) is 4.74 Å². The molecule has 0 N–H and O–H groups in total. The first kappa shape index (κ1) is 25.5. The zero-order valence-electron chi connectivity index (χ0n) is 18.3. The summed E-state index contributed by atoms with van der Waals surface area (Å²) in [4.78, 5) is 11.9. The number of ether oxygens (including phenoxy) is 1. The molecule has 0 rings (SSSR count). The summed E-state index contributed by atoms with van der Waals surface area (Å²) >= 11 is 0. The number of carbonyl (C=O) groups is 1. The van der Waals surface area contributed by atoms with E-state index < -0.39 is 0 Å². The molecule has 1 unspecified atom stereocenters. The van der Waals surface area contributed by atoms with Crippen molar-refractivity contribution in [3.63, 3.8) is 0 Å². The van der Waals surface area contributed by atoms with Gasteiger partial charge in [-0.1, -0.05) is 111 Å². The minimum atomic E-state index is 0.0255. The lowest BCUT2D eigenvalue weighted by Gasteiger charge is -2.16. The van der Waals surface area contributed by atoms with Gasteiger partial charge < -0.3 is 4.74 Å². The van der Waals surface area contributed by atoms with Gasteiger partial charge in [0, 0.05) is 6.42 Å². The van der Waals surface area contributed by atoms with Crippen LogP contribution < -0.4 is 0 Å². The Morgan fingerprint density at radius 1 is 0.615 bits per heavy atom. The average molecular weight is 369 g/mol. The molecule has 0 heterocycles. The van der Waals surface area contributed by atoms with Gasteiger partial charge >= 0.3 is 5.97 Å². The lowest BCUT2D eigenvalue weighted by atomic mass is 9.97. The Morgan fingerprint density at radius 3 is 1.65 bits per heavy atom. The van der Waals surface area contributed by atoms with Crippen molar-refractivity contribution < 1.29 is 9.53 Å². The lowest BCUT2D eigenvalue weighted by molar-refractivity contribution is -0.145. The summed E-state index contributed by atoms with van der Waals surface area (Å²) in [6, 6.07) is 0. The predicted molar refractivity (Wildman–Crippen MR) is 115 cm³/mol. The van der Waals surface area contributed by atoms with Crippen molar-refractivity contribution in [2.75, 3.05) is 6.61 Å². The van der Waals surface area contributed by atoms with Gasteiger partial charge in [0.05, 0.1) is 6.61 Å². The van der Waals surface area contributed by atoms with Gasteiger partial charge in [0.1, 0.15) is 0 Å². The number of hydrogen-bond acceptors (Lipinski definition) is 2. The first-order valence-corrected chi connectivity index (χ1v) is 11.9. The Labute approximate surface area is 164 Å². The second-order valence-electron chi connectivity index (χ2n) is 8.12. The van der Waals surface area contributed by atoms with Crippen LogP contribution in [0.4, 0.5) is 0 Å². The standard InChI is InChI=1S/C24H48O2/c1-4-7-9-10-11-12-13-14-15-16-18-21-24(25)26-22-23(19-6-3)20-17-8-5-2/h23H,4-22H2,1-3H3. The Bertz CT molecular complexity index is 288. The first-order chi connectivity index (χ1) is 12.7. The normalized spacial score (nSPS) is 12.3. The van der Waals surface area contributed by atoms with Crippen molar-refractivity contribution in [3.05, 3.63) is 0 Å². The van der Waals surface area contributed by atoms with Gasteiger partial charge in [0.2, 0.25) is 0 Å². The fourth-order valence-electron chi connectivity index (χ4n) is 3.62. The zero-order valence-corrected chi connectivity index (χ0v) is 18.3. The molecule has 0 spiro atoms. The van der Waals surface area contributed by atoms with Crippen LogP contribution in [0.5, 0.6) is 0 Å². The van der Waals surface area contributed by atoms with Crippen LogP contribution in [-0.4, -0.2) is 12.6 Å². The van der Waals surface area contributed by atoms with E-state index in [0.29, 0.717) is 18.9 Å². The summed E-state index contributed by atoms with van der Waals surface area (Å²) in [6.07, 6.45) is 22.6. The summed E-state index contributed by atoms with van der Waals surface area (Å²) in [7, 11) is 0. The SMILES string of the molecule is CCCCCCCCCCCCCC(=O)OCC(CCC)CCCCC. The minimum absolute atomic E-state index is 0.0255. The summed E-state index contributed by atoms with van der Waals surface area (Å²) in [5.41, 5.74) is 0. The van der Waals surface area contributed by atoms with E-state index in [1.54, 1.807) is 0 Å². The quantitative estimate of drug-likeness (QED) is 0.160. The van der Waals surface area contributed by atoms with Crippen molar-refractivity contribution >= 4 is 5.97 Å². The van der Waals surface area contributed by atoms with E-state index in [-0.39, 0.29) is 5.97 Å². The Hall–Kier alpha value is -0.530. The number of carbonyl (C=O) groups excluding carboxylic acids is 1.